The highest BCUT2D eigenvalue weighted by atomic mass is 19.1. The third-order valence-corrected chi connectivity index (χ3v) is 4.27. The lowest BCUT2D eigenvalue weighted by Crippen LogP contribution is -2.19. The fourth-order valence-corrected chi connectivity index (χ4v) is 2.65. The molecule has 0 saturated heterocycles. The summed E-state index contributed by atoms with van der Waals surface area (Å²) in [4.78, 5) is 29.1. The molecule has 0 aliphatic rings. The maximum absolute atomic E-state index is 14.4. The number of para-hydroxylation sites is 1. The van der Waals surface area contributed by atoms with Crippen LogP contribution in [0.4, 0.5) is 15.9 Å². The molecule has 30 heavy (non-hydrogen) atoms. The third-order valence-electron chi connectivity index (χ3n) is 4.27. The molecule has 0 atom stereocenters. The summed E-state index contributed by atoms with van der Waals surface area (Å²) in [5, 5.41) is 17.2. The molecule has 7 nitrogen and oxygen atoms in total. The molecule has 0 fully saturated rings. The number of hydrogen-bond acceptors (Lipinski definition) is 5. The smallest absolute Gasteiger partial charge is 0.258 e. The second-order valence-electron chi connectivity index (χ2n) is 6.28. The quantitative estimate of drug-likeness (QED) is 0.501. The van der Waals surface area contributed by atoms with Crippen molar-refractivity contribution >= 4 is 29.0 Å². The van der Waals surface area contributed by atoms with Gasteiger partial charge in [-0.05, 0) is 42.0 Å². The molecule has 2 aromatic carbocycles. The van der Waals surface area contributed by atoms with Crippen LogP contribution >= 0.6 is 0 Å². The van der Waals surface area contributed by atoms with Crippen LogP contribution in [0.15, 0.2) is 67.4 Å². The molecule has 0 spiro atoms. The topological polar surface area (TPSA) is 103 Å². The van der Waals surface area contributed by atoms with Crippen LogP contribution in [-0.4, -0.2) is 29.0 Å². The maximum Gasteiger partial charge on any atom is 0.258 e. The van der Waals surface area contributed by atoms with Crippen molar-refractivity contribution in [1.82, 2.24) is 10.3 Å². The van der Waals surface area contributed by atoms with Gasteiger partial charge in [-0.15, -0.1) is 0 Å². The summed E-state index contributed by atoms with van der Waals surface area (Å²) in [6, 6.07) is 13.3. The van der Waals surface area contributed by atoms with E-state index in [1.54, 1.807) is 25.2 Å². The number of carbonyl (C=O) groups excluding carboxylic acids is 2. The minimum absolute atomic E-state index is 0.0352. The van der Waals surface area contributed by atoms with Crippen molar-refractivity contribution in [3.05, 3.63) is 89.9 Å². The number of benzene rings is 2. The van der Waals surface area contributed by atoms with Gasteiger partial charge in [0.05, 0.1) is 23.0 Å². The van der Waals surface area contributed by atoms with Crippen LogP contribution in [0.5, 0.6) is 5.75 Å². The molecule has 0 radical (unpaired) electrons. The van der Waals surface area contributed by atoms with E-state index in [0.717, 1.165) is 0 Å². The number of hydrogen-bond donors (Lipinski definition) is 4. The lowest BCUT2D eigenvalue weighted by atomic mass is 10.1. The van der Waals surface area contributed by atoms with E-state index < -0.39 is 17.6 Å². The van der Waals surface area contributed by atoms with Gasteiger partial charge >= 0.3 is 0 Å². The first-order valence-corrected chi connectivity index (χ1v) is 8.92. The average molecular weight is 406 g/mol. The van der Waals surface area contributed by atoms with E-state index in [4.69, 9.17) is 0 Å². The SMILES string of the molecule is C=C(NC)c1ccc(C(=O)Nc2ccccc2C(=O)Nc2ccc(O)cn2)c(F)c1. The first-order valence-electron chi connectivity index (χ1n) is 8.92. The van der Waals surface area contributed by atoms with Gasteiger partial charge < -0.3 is 21.1 Å². The summed E-state index contributed by atoms with van der Waals surface area (Å²) in [7, 11) is 1.66. The molecule has 3 aromatic rings. The van der Waals surface area contributed by atoms with Crippen molar-refractivity contribution in [2.45, 2.75) is 0 Å². The van der Waals surface area contributed by atoms with Crippen molar-refractivity contribution in [3.63, 3.8) is 0 Å². The minimum Gasteiger partial charge on any atom is -0.506 e. The third kappa shape index (κ3) is 4.61. The number of anilines is 2. The number of aromatic nitrogens is 1. The Morgan fingerprint density at radius 3 is 2.40 bits per heavy atom. The van der Waals surface area contributed by atoms with Crippen LogP contribution in [0.1, 0.15) is 26.3 Å². The molecular weight excluding hydrogens is 387 g/mol. The molecule has 0 aliphatic heterocycles. The van der Waals surface area contributed by atoms with Crippen molar-refractivity contribution in [2.75, 3.05) is 17.7 Å². The van der Waals surface area contributed by atoms with Crippen LogP contribution in [0.25, 0.3) is 5.70 Å². The highest BCUT2D eigenvalue weighted by Gasteiger charge is 2.17. The van der Waals surface area contributed by atoms with Gasteiger partial charge in [-0.1, -0.05) is 24.8 Å². The van der Waals surface area contributed by atoms with Gasteiger partial charge in [-0.2, -0.15) is 0 Å². The lowest BCUT2D eigenvalue weighted by molar-refractivity contribution is 0.102. The van der Waals surface area contributed by atoms with E-state index in [2.05, 4.69) is 27.5 Å². The predicted molar refractivity (Wildman–Crippen MR) is 113 cm³/mol. The van der Waals surface area contributed by atoms with E-state index in [1.807, 2.05) is 0 Å². The van der Waals surface area contributed by atoms with Crippen molar-refractivity contribution < 1.29 is 19.1 Å². The van der Waals surface area contributed by atoms with E-state index in [0.29, 0.717) is 11.3 Å². The Kier molecular flexibility index (Phi) is 6.07. The molecule has 1 aromatic heterocycles. The summed E-state index contributed by atoms with van der Waals surface area (Å²) in [5.41, 5.74) is 1.25. The Morgan fingerprint density at radius 1 is 1.00 bits per heavy atom. The first-order chi connectivity index (χ1) is 14.4. The fraction of sp³-hybridized carbons (Fsp3) is 0.0455. The van der Waals surface area contributed by atoms with Crippen molar-refractivity contribution in [2.24, 2.45) is 0 Å². The zero-order chi connectivity index (χ0) is 21.7. The minimum atomic E-state index is -0.711. The largest absolute Gasteiger partial charge is 0.506 e. The number of rotatable bonds is 6. The number of carbonyl (C=O) groups is 2. The molecule has 0 bridgehead atoms. The summed E-state index contributed by atoms with van der Waals surface area (Å²) in [5.74, 6) is -1.74. The summed E-state index contributed by atoms with van der Waals surface area (Å²) in [6.07, 6.45) is 1.19. The van der Waals surface area contributed by atoms with Gasteiger partial charge in [0.15, 0.2) is 0 Å². The number of halogens is 1. The number of amides is 2. The van der Waals surface area contributed by atoms with Crippen LogP contribution in [0.3, 0.4) is 0 Å². The molecular formula is C22H19FN4O3. The molecule has 2 amide bonds. The standard InChI is InChI=1S/C22H19FN4O3/c1-13(24-2)14-7-9-16(18(23)11-14)21(29)26-19-6-4-3-5-17(19)22(30)27-20-10-8-15(28)12-25-20/h3-12,24,28H,1H2,2H3,(H,26,29)(H,25,27,30). The van der Waals surface area contributed by atoms with Gasteiger partial charge in [0.2, 0.25) is 0 Å². The van der Waals surface area contributed by atoms with Crippen molar-refractivity contribution in [1.29, 1.82) is 0 Å². The Balaban J connectivity index is 1.80. The van der Waals surface area contributed by atoms with Crippen LogP contribution in [0.2, 0.25) is 0 Å². The summed E-state index contributed by atoms with van der Waals surface area (Å²) >= 11 is 0. The lowest BCUT2D eigenvalue weighted by Gasteiger charge is -2.12. The van der Waals surface area contributed by atoms with Crippen LogP contribution < -0.4 is 16.0 Å². The van der Waals surface area contributed by atoms with Crippen molar-refractivity contribution in [3.8, 4) is 5.75 Å². The Bertz CT molecular complexity index is 1110. The van der Waals surface area contributed by atoms with Gasteiger partial charge in [0.25, 0.3) is 11.8 Å². The maximum atomic E-state index is 14.4. The molecule has 0 aliphatic carbocycles. The summed E-state index contributed by atoms with van der Waals surface area (Å²) < 4.78 is 14.4. The molecule has 8 heteroatoms. The molecule has 0 saturated carbocycles. The zero-order valence-corrected chi connectivity index (χ0v) is 16.1. The Labute approximate surface area is 172 Å². The van der Waals surface area contributed by atoms with Crippen LogP contribution in [-0.2, 0) is 0 Å². The van der Waals surface area contributed by atoms with E-state index in [-0.39, 0.29) is 28.4 Å². The summed E-state index contributed by atoms with van der Waals surface area (Å²) in [6.45, 7) is 3.76. The fourth-order valence-electron chi connectivity index (χ4n) is 2.65. The first kappa shape index (κ1) is 20.5. The number of nitrogens with one attached hydrogen (secondary N) is 3. The number of pyridine rings is 1. The van der Waals surface area contributed by atoms with Gasteiger partial charge in [-0.3, -0.25) is 9.59 Å². The predicted octanol–water partition coefficient (Wildman–Crippen LogP) is 3.62. The monoisotopic (exact) mass is 406 g/mol. The van der Waals surface area contributed by atoms with E-state index in [9.17, 15) is 19.1 Å². The molecule has 0 unspecified atom stereocenters. The average Bonchev–Trinajstić information content (AvgIpc) is 2.74. The number of aromatic hydroxyl groups is 1. The van der Waals surface area contributed by atoms with E-state index in [1.165, 1.54) is 42.6 Å². The van der Waals surface area contributed by atoms with Crippen LogP contribution in [0, 0.1) is 5.82 Å². The second kappa shape index (κ2) is 8.87. The van der Waals surface area contributed by atoms with Gasteiger partial charge in [0, 0.05) is 12.7 Å². The normalized spacial score (nSPS) is 10.2. The highest BCUT2D eigenvalue weighted by Crippen LogP contribution is 2.20. The van der Waals surface area contributed by atoms with E-state index >= 15 is 0 Å². The number of nitrogens with zero attached hydrogens (tertiary/aromatic N) is 1. The molecule has 1 heterocycles. The highest BCUT2D eigenvalue weighted by molar-refractivity contribution is 6.12. The zero-order valence-electron chi connectivity index (χ0n) is 16.1. The molecule has 152 valence electrons. The second-order valence-corrected chi connectivity index (χ2v) is 6.28. The van der Waals surface area contributed by atoms with Gasteiger partial charge in [-0.25, -0.2) is 9.37 Å². The Morgan fingerprint density at radius 2 is 1.73 bits per heavy atom. The Hall–Kier alpha value is -4.20. The molecule has 4 N–H and O–H groups in total. The molecule has 3 rings (SSSR count). The van der Waals surface area contributed by atoms with Gasteiger partial charge in [0.1, 0.15) is 17.4 Å².